The first-order valence-corrected chi connectivity index (χ1v) is 7.40. The maximum Gasteiger partial charge on any atom is 0.0702 e. The van der Waals surface area contributed by atoms with Crippen LogP contribution in [0.1, 0.15) is 22.3 Å². The quantitative estimate of drug-likeness (QED) is 0.759. The molecule has 2 aromatic carbocycles. The van der Waals surface area contributed by atoms with E-state index in [0.29, 0.717) is 5.02 Å². The van der Waals surface area contributed by atoms with Crippen LogP contribution in [0.25, 0.3) is 10.9 Å². The number of aryl methyl sites for hydroxylation is 2. The van der Waals surface area contributed by atoms with Crippen molar-refractivity contribution >= 4 is 22.5 Å². The highest BCUT2D eigenvalue weighted by Crippen LogP contribution is 2.26. The molecule has 0 saturated carbocycles. The van der Waals surface area contributed by atoms with Crippen LogP contribution in [0.3, 0.4) is 0 Å². The fourth-order valence-corrected chi connectivity index (χ4v) is 3.12. The maximum absolute atomic E-state index is 9.53. The zero-order chi connectivity index (χ0) is 15.0. The Morgan fingerprint density at radius 1 is 1.05 bits per heavy atom. The van der Waals surface area contributed by atoms with Crippen molar-refractivity contribution in [1.82, 2.24) is 4.57 Å². The second-order valence-electron chi connectivity index (χ2n) is 5.60. The highest BCUT2D eigenvalue weighted by atomic mass is 35.5. The minimum atomic E-state index is 0.0397. The molecule has 0 saturated heterocycles. The molecule has 1 N–H and O–H groups in total. The third-order valence-corrected chi connectivity index (χ3v) is 3.97. The molecular formula is C18H18ClNO. The number of rotatable bonds is 3. The van der Waals surface area contributed by atoms with Crippen molar-refractivity contribution in [3.63, 3.8) is 0 Å². The van der Waals surface area contributed by atoms with Crippen LogP contribution in [0, 0.1) is 13.8 Å². The fraction of sp³-hybridized carbons (Fsp3) is 0.222. The molecule has 3 rings (SSSR count). The summed E-state index contributed by atoms with van der Waals surface area (Å²) in [6.45, 7) is 5.04. The first-order chi connectivity index (χ1) is 10.1. The largest absolute Gasteiger partial charge is 0.392 e. The molecule has 0 atom stereocenters. The molecule has 2 nitrogen and oxygen atoms in total. The number of nitrogens with zero attached hydrogens (tertiary/aromatic N) is 1. The second-order valence-corrected chi connectivity index (χ2v) is 6.03. The van der Waals surface area contributed by atoms with Crippen LogP contribution in [0.4, 0.5) is 0 Å². The summed E-state index contributed by atoms with van der Waals surface area (Å²) in [5.41, 5.74) is 5.79. The molecule has 0 aliphatic heterocycles. The van der Waals surface area contributed by atoms with E-state index in [9.17, 15) is 5.11 Å². The molecule has 0 aliphatic carbocycles. The van der Waals surface area contributed by atoms with Crippen molar-refractivity contribution in [2.75, 3.05) is 0 Å². The topological polar surface area (TPSA) is 25.2 Å². The van der Waals surface area contributed by atoms with Gasteiger partial charge >= 0.3 is 0 Å². The van der Waals surface area contributed by atoms with Gasteiger partial charge in [-0.3, -0.25) is 0 Å². The lowest BCUT2D eigenvalue weighted by Crippen LogP contribution is -1.99. The van der Waals surface area contributed by atoms with Crippen molar-refractivity contribution < 1.29 is 5.11 Å². The number of halogens is 1. The zero-order valence-corrected chi connectivity index (χ0v) is 13.0. The van der Waals surface area contributed by atoms with Crippen LogP contribution < -0.4 is 0 Å². The molecule has 1 aromatic heterocycles. The highest BCUT2D eigenvalue weighted by molar-refractivity contribution is 6.31. The monoisotopic (exact) mass is 299 g/mol. The number of benzene rings is 2. The average Bonchev–Trinajstić information content (AvgIpc) is 2.75. The van der Waals surface area contributed by atoms with Gasteiger partial charge in [0.1, 0.15) is 0 Å². The molecule has 3 aromatic rings. The van der Waals surface area contributed by atoms with E-state index in [2.05, 4.69) is 36.6 Å². The molecule has 1 heterocycles. The number of aliphatic hydroxyl groups is 1. The molecule has 0 radical (unpaired) electrons. The Kier molecular flexibility index (Phi) is 3.75. The number of fused-ring (bicyclic) bond motifs is 1. The summed E-state index contributed by atoms with van der Waals surface area (Å²) < 4.78 is 2.15. The van der Waals surface area contributed by atoms with E-state index >= 15 is 0 Å². The van der Waals surface area contributed by atoms with Gasteiger partial charge in [-0.25, -0.2) is 0 Å². The summed E-state index contributed by atoms with van der Waals surface area (Å²) in [7, 11) is 0. The van der Waals surface area contributed by atoms with E-state index in [1.54, 1.807) is 0 Å². The van der Waals surface area contributed by atoms with Gasteiger partial charge in [0.25, 0.3) is 0 Å². The molecule has 0 aliphatic rings. The van der Waals surface area contributed by atoms with Crippen LogP contribution in [-0.2, 0) is 13.2 Å². The van der Waals surface area contributed by atoms with Crippen LogP contribution in [0.15, 0.2) is 42.6 Å². The third kappa shape index (κ3) is 2.82. The highest BCUT2D eigenvalue weighted by Gasteiger charge is 2.09. The van der Waals surface area contributed by atoms with Gasteiger partial charge in [-0.2, -0.15) is 0 Å². The molecular weight excluding hydrogens is 282 g/mol. The van der Waals surface area contributed by atoms with Crippen LogP contribution >= 0.6 is 11.6 Å². The van der Waals surface area contributed by atoms with Crippen molar-refractivity contribution in [1.29, 1.82) is 0 Å². The first-order valence-electron chi connectivity index (χ1n) is 7.02. The minimum absolute atomic E-state index is 0.0397. The molecule has 0 amide bonds. The Balaban J connectivity index is 2.09. The average molecular weight is 300 g/mol. The van der Waals surface area contributed by atoms with E-state index in [1.807, 2.05) is 24.4 Å². The van der Waals surface area contributed by atoms with E-state index in [1.165, 1.54) is 16.7 Å². The van der Waals surface area contributed by atoms with Crippen LogP contribution in [0.2, 0.25) is 5.02 Å². The predicted molar refractivity (Wildman–Crippen MR) is 87.9 cm³/mol. The van der Waals surface area contributed by atoms with Gasteiger partial charge in [0.05, 0.1) is 12.1 Å². The summed E-state index contributed by atoms with van der Waals surface area (Å²) in [6.07, 6.45) is 2.01. The first kappa shape index (κ1) is 14.2. The molecule has 0 unspecified atom stereocenters. The molecule has 3 heteroatoms. The normalized spacial score (nSPS) is 11.2. The van der Waals surface area contributed by atoms with Gasteiger partial charge in [-0.05, 0) is 31.5 Å². The Bertz CT molecular complexity index is 784. The summed E-state index contributed by atoms with van der Waals surface area (Å²) in [5.74, 6) is 0. The Morgan fingerprint density at radius 3 is 2.43 bits per heavy atom. The van der Waals surface area contributed by atoms with Gasteiger partial charge in [0.2, 0.25) is 0 Å². The molecule has 0 fully saturated rings. The van der Waals surface area contributed by atoms with E-state index < -0.39 is 0 Å². The number of aliphatic hydroxyl groups excluding tert-OH is 1. The lowest BCUT2D eigenvalue weighted by Gasteiger charge is -2.08. The summed E-state index contributed by atoms with van der Waals surface area (Å²) >= 11 is 6.12. The van der Waals surface area contributed by atoms with E-state index in [4.69, 9.17) is 11.6 Å². The zero-order valence-electron chi connectivity index (χ0n) is 12.2. The maximum atomic E-state index is 9.53. The summed E-state index contributed by atoms with van der Waals surface area (Å²) in [6, 6.07) is 12.4. The Hall–Kier alpha value is -1.77. The van der Waals surface area contributed by atoms with Crippen molar-refractivity contribution in [3.8, 4) is 0 Å². The fourth-order valence-electron chi connectivity index (χ4n) is 2.95. The SMILES string of the molecule is Cc1cc(C)cc(Cn2cc(CO)c3ccc(Cl)cc32)c1. The molecule has 108 valence electrons. The van der Waals surface area contributed by atoms with Gasteiger partial charge in [-0.15, -0.1) is 0 Å². The summed E-state index contributed by atoms with van der Waals surface area (Å²) in [4.78, 5) is 0. The van der Waals surface area contributed by atoms with Crippen LogP contribution in [0.5, 0.6) is 0 Å². The van der Waals surface area contributed by atoms with Crippen molar-refractivity contribution in [2.24, 2.45) is 0 Å². The van der Waals surface area contributed by atoms with Gasteiger partial charge in [-0.1, -0.05) is 47.0 Å². The smallest absolute Gasteiger partial charge is 0.0702 e. The van der Waals surface area contributed by atoms with E-state index in [0.717, 1.165) is 23.0 Å². The number of hydrogen-bond acceptors (Lipinski definition) is 1. The van der Waals surface area contributed by atoms with Gasteiger partial charge < -0.3 is 9.67 Å². The lowest BCUT2D eigenvalue weighted by atomic mass is 10.1. The number of hydrogen-bond donors (Lipinski definition) is 1. The lowest BCUT2D eigenvalue weighted by molar-refractivity contribution is 0.283. The van der Waals surface area contributed by atoms with Crippen molar-refractivity contribution in [3.05, 3.63) is 69.9 Å². The minimum Gasteiger partial charge on any atom is -0.392 e. The number of aromatic nitrogens is 1. The standard InChI is InChI=1S/C18H18ClNO/c1-12-5-13(2)7-14(6-12)9-20-10-15(11-21)17-4-3-16(19)8-18(17)20/h3-8,10,21H,9,11H2,1-2H3. The summed E-state index contributed by atoms with van der Waals surface area (Å²) in [5, 5.41) is 11.3. The Labute approximate surface area is 129 Å². The predicted octanol–water partition coefficient (Wildman–Crippen LogP) is 4.45. The molecule has 0 bridgehead atoms. The Morgan fingerprint density at radius 2 is 1.76 bits per heavy atom. The molecule has 0 spiro atoms. The third-order valence-electron chi connectivity index (χ3n) is 3.73. The van der Waals surface area contributed by atoms with E-state index in [-0.39, 0.29) is 6.61 Å². The van der Waals surface area contributed by atoms with Gasteiger partial charge in [0, 0.05) is 28.7 Å². The van der Waals surface area contributed by atoms with Gasteiger partial charge in [0.15, 0.2) is 0 Å². The van der Waals surface area contributed by atoms with Crippen molar-refractivity contribution in [2.45, 2.75) is 27.0 Å². The van der Waals surface area contributed by atoms with Crippen LogP contribution in [-0.4, -0.2) is 9.67 Å². The molecule has 21 heavy (non-hydrogen) atoms. The second kappa shape index (κ2) is 5.55.